The van der Waals surface area contributed by atoms with Crippen molar-refractivity contribution in [2.24, 2.45) is 22.4 Å². The van der Waals surface area contributed by atoms with Gasteiger partial charge in [-0.3, -0.25) is 62.5 Å². The fourth-order valence-electron chi connectivity index (χ4n) is 10.9. The van der Waals surface area contributed by atoms with Crippen molar-refractivity contribution in [2.75, 3.05) is 57.4 Å². The molecule has 0 spiro atoms. The van der Waals surface area contributed by atoms with Gasteiger partial charge in [0.1, 0.15) is 60.4 Å². The SMILES string of the molecule is CCCC[C@@H](NC(=O)[C@@H]1CCCN1C(=O)CNC(=O)[C@H](CCCCNC(=O)O)NC(=O)[C@@H]1CSSC[C@H](NC(=O)[C@@H]2CCCN2C(=O)C(CCCN=C(N)N)NC(=O)[C@@H]2CCC(=O)N2)C(=O)N[C@@H](CC(C)C)C(=O)N[C@@H](CO)C(=O)N1)C(=O)NCCc1ccccc1. The largest absolute Gasteiger partial charge is 0.465 e. The van der Waals surface area contributed by atoms with Crippen LogP contribution in [0.1, 0.15) is 123 Å². The highest BCUT2D eigenvalue weighted by atomic mass is 33.1. The van der Waals surface area contributed by atoms with Crippen LogP contribution in [-0.2, 0) is 64.0 Å². The normalized spacial score (nSPS) is 22.2. The molecule has 1 aromatic carbocycles. The summed E-state index contributed by atoms with van der Waals surface area (Å²) in [5.74, 6) is -9.12. The topological polar surface area (TPSA) is 466 Å². The van der Waals surface area contributed by atoms with E-state index < -0.39 is 139 Å². The summed E-state index contributed by atoms with van der Waals surface area (Å²) in [7, 11) is 1.98. The number of rotatable bonds is 31. The molecule has 0 aromatic heterocycles. The summed E-state index contributed by atoms with van der Waals surface area (Å²) in [5.41, 5.74) is 12.0. The van der Waals surface area contributed by atoms with Crippen molar-refractivity contribution in [1.82, 2.24) is 68.3 Å². The molecule has 4 heterocycles. The number of nitrogens with two attached hydrogens (primary N) is 2. The van der Waals surface area contributed by atoms with E-state index in [0.29, 0.717) is 38.6 Å². The zero-order valence-electron chi connectivity index (χ0n) is 52.4. The number of unbranched alkanes of at least 4 members (excludes halogenated alkanes) is 2. The highest BCUT2D eigenvalue weighted by Gasteiger charge is 2.42. The summed E-state index contributed by atoms with van der Waals surface area (Å²) in [6, 6.07) is -2.68. The first kappa shape index (κ1) is 74.8. The minimum atomic E-state index is -1.67. The van der Waals surface area contributed by atoms with Gasteiger partial charge >= 0.3 is 6.09 Å². The Hall–Kier alpha value is -7.94. The van der Waals surface area contributed by atoms with Crippen molar-refractivity contribution in [3.63, 3.8) is 0 Å². The summed E-state index contributed by atoms with van der Waals surface area (Å²) < 4.78 is 0. The van der Waals surface area contributed by atoms with Gasteiger partial charge in [0.2, 0.25) is 70.9 Å². The third kappa shape index (κ3) is 24.6. The smallest absolute Gasteiger partial charge is 0.404 e. The van der Waals surface area contributed by atoms with Crippen LogP contribution in [0.4, 0.5) is 4.79 Å². The van der Waals surface area contributed by atoms with E-state index in [1.165, 1.54) is 9.80 Å². The van der Waals surface area contributed by atoms with E-state index in [2.05, 4.69) is 63.5 Å². The molecule has 1 aromatic rings. The second kappa shape index (κ2) is 38.8. The number of carbonyl (C=O) groups excluding carboxylic acids is 12. The Balaban J connectivity index is 1.30. The fourth-order valence-corrected chi connectivity index (χ4v) is 13.2. The van der Waals surface area contributed by atoms with Gasteiger partial charge in [0.25, 0.3) is 0 Å². The predicted molar refractivity (Wildman–Crippen MR) is 341 cm³/mol. The van der Waals surface area contributed by atoms with Crippen LogP contribution in [0.3, 0.4) is 0 Å². The third-order valence-electron chi connectivity index (χ3n) is 15.8. The van der Waals surface area contributed by atoms with Crippen LogP contribution in [0.15, 0.2) is 35.3 Å². The minimum Gasteiger partial charge on any atom is -0.465 e. The quantitative estimate of drug-likeness (QED) is 0.0155. The van der Waals surface area contributed by atoms with Gasteiger partial charge in [0.15, 0.2) is 5.96 Å². The summed E-state index contributed by atoms with van der Waals surface area (Å²) in [4.78, 5) is 184. The molecule has 0 bridgehead atoms. The van der Waals surface area contributed by atoms with Crippen molar-refractivity contribution < 1.29 is 72.5 Å². The number of nitrogens with one attached hydrogen (secondary N) is 11. The number of carbonyl (C=O) groups is 13. The Labute approximate surface area is 542 Å². The number of likely N-dealkylation sites (tertiary alicyclic amines) is 2. The predicted octanol–water partition coefficient (Wildman–Crippen LogP) is -2.77. The van der Waals surface area contributed by atoms with Crippen molar-refractivity contribution in [1.29, 1.82) is 0 Å². The van der Waals surface area contributed by atoms with Crippen molar-refractivity contribution in [3.8, 4) is 0 Å². The molecule has 1 unspecified atom stereocenters. The molecule has 510 valence electrons. The first-order chi connectivity index (χ1) is 44.0. The van der Waals surface area contributed by atoms with Crippen LogP contribution in [0.5, 0.6) is 0 Å². The second-order valence-corrected chi connectivity index (χ2v) is 26.0. The van der Waals surface area contributed by atoms with E-state index in [-0.39, 0.29) is 126 Å². The molecular weight excluding hydrogens is 1240 g/mol. The van der Waals surface area contributed by atoms with E-state index in [9.17, 15) is 67.4 Å². The molecule has 33 heteroatoms. The number of hydrogen-bond donors (Lipinski definition) is 15. The minimum absolute atomic E-state index is 0.00924. The summed E-state index contributed by atoms with van der Waals surface area (Å²) >= 11 is 0. The van der Waals surface area contributed by atoms with Crippen molar-refractivity contribution in [2.45, 2.75) is 184 Å². The molecule has 4 fully saturated rings. The maximum atomic E-state index is 14.5. The molecule has 0 radical (unpaired) electrons. The molecule has 92 heavy (non-hydrogen) atoms. The number of aliphatic hydroxyl groups is 1. The molecule has 10 atom stereocenters. The van der Waals surface area contributed by atoms with E-state index in [1.807, 2.05) is 37.3 Å². The van der Waals surface area contributed by atoms with Gasteiger partial charge in [-0.05, 0) is 95.0 Å². The molecule has 13 amide bonds. The number of guanidine groups is 1. The van der Waals surface area contributed by atoms with E-state index in [4.69, 9.17) is 16.6 Å². The Morgan fingerprint density at radius 2 is 1.27 bits per heavy atom. The van der Waals surface area contributed by atoms with Gasteiger partial charge in [0, 0.05) is 50.7 Å². The molecule has 0 saturated carbocycles. The van der Waals surface area contributed by atoms with E-state index >= 15 is 0 Å². The highest BCUT2D eigenvalue weighted by molar-refractivity contribution is 8.76. The second-order valence-electron chi connectivity index (χ2n) is 23.5. The standard InChI is InChI=1S/C59H92N16O15S2/c1-4-5-16-36(48(79)62-26-23-35-14-7-6-8-15-35)68-55(86)44-19-12-27-74(44)47(78)30-65-49(80)37(17-9-10-24-64-59(89)90)67-53(84)42-32-91-92-33-43(54(85)70-40(29-34(2)3)51(82)71-41(31-76)52(83)72-42)73-56(87)45-20-13-28-75(45)57(88)39(18-11-25-63-58(60)61)69-50(81)38-21-22-46(77)66-38/h6-8,14-15,34,36-45,64,76H,4-5,9-13,16-33H2,1-3H3,(H,62,79)(H,65,80)(H,66,77)(H,67,84)(H,68,86)(H,69,81)(H,70,85)(H,71,82)(H,72,83)(H,73,87)(H,89,90)(H4,60,61,63)/t36-,37+,38+,39?,40+,41+,42+,43+,44+,45+/m1/s1. The molecule has 17 N–H and O–H groups in total. The third-order valence-corrected chi connectivity index (χ3v) is 18.3. The summed E-state index contributed by atoms with van der Waals surface area (Å²) in [5, 5.41) is 48.5. The number of amides is 13. The maximum Gasteiger partial charge on any atom is 0.404 e. The van der Waals surface area contributed by atoms with Crippen LogP contribution in [0.2, 0.25) is 0 Å². The number of benzene rings is 1. The summed E-state index contributed by atoms with van der Waals surface area (Å²) in [6.07, 6.45) is 3.32. The first-order valence-electron chi connectivity index (χ1n) is 31.5. The zero-order valence-corrected chi connectivity index (χ0v) is 54.1. The molecule has 4 aliphatic heterocycles. The van der Waals surface area contributed by atoms with Crippen molar-refractivity contribution in [3.05, 3.63) is 35.9 Å². The molecular formula is C59H92N16O15S2. The molecule has 31 nitrogen and oxygen atoms in total. The summed E-state index contributed by atoms with van der Waals surface area (Å²) in [6.45, 7) is 4.66. The van der Waals surface area contributed by atoms with Gasteiger partial charge in [-0.25, -0.2) is 4.79 Å². The number of aliphatic imine (C=N–C) groups is 1. The Morgan fingerprint density at radius 1 is 0.663 bits per heavy atom. The van der Waals surface area contributed by atoms with Crippen LogP contribution >= 0.6 is 21.6 Å². The lowest BCUT2D eigenvalue weighted by molar-refractivity contribution is -0.142. The van der Waals surface area contributed by atoms with Gasteiger partial charge in [-0.15, -0.1) is 0 Å². The fraction of sp³-hybridized carbons (Fsp3) is 0.661. The lowest BCUT2D eigenvalue weighted by Gasteiger charge is -2.31. The highest BCUT2D eigenvalue weighted by Crippen LogP contribution is 2.26. The number of hydrogen-bond acceptors (Lipinski definition) is 17. The number of nitrogens with zero attached hydrogens (tertiary/aromatic N) is 3. The lowest BCUT2D eigenvalue weighted by Crippen LogP contribution is -2.61. The number of carboxylic acid groups (broad SMARTS) is 1. The monoisotopic (exact) mass is 1330 g/mol. The Bertz CT molecular complexity index is 2760. The van der Waals surface area contributed by atoms with Gasteiger partial charge in [-0.1, -0.05) is 85.5 Å². The maximum absolute atomic E-state index is 14.5. The molecule has 0 aliphatic carbocycles. The van der Waals surface area contributed by atoms with Crippen LogP contribution in [0, 0.1) is 5.92 Å². The average Bonchev–Trinajstić information content (AvgIpc) is 1.69. The van der Waals surface area contributed by atoms with Crippen LogP contribution in [-0.4, -0.2) is 221 Å². The van der Waals surface area contributed by atoms with Gasteiger partial charge < -0.3 is 90.0 Å². The van der Waals surface area contributed by atoms with Crippen LogP contribution in [0.25, 0.3) is 0 Å². The van der Waals surface area contributed by atoms with Gasteiger partial charge in [0.05, 0.1) is 13.2 Å². The molecule has 4 aliphatic rings. The molecule has 4 saturated heterocycles. The lowest BCUT2D eigenvalue weighted by atomic mass is 10.0. The van der Waals surface area contributed by atoms with Crippen LogP contribution < -0.4 is 70.0 Å². The zero-order chi connectivity index (χ0) is 67.3. The number of aliphatic hydroxyl groups excluding tert-OH is 1. The average molecular weight is 1330 g/mol. The Morgan fingerprint density at radius 3 is 1.92 bits per heavy atom. The Kier molecular flexibility index (Phi) is 31.5. The van der Waals surface area contributed by atoms with E-state index in [0.717, 1.165) is 33.6 Å². The first-order valence-corrected chi connectivity index (χ1v) is 34.0. The van der Waals surface area contributed by atoms with Crippen molar-refractivity contribution >= 4 is 105 Å². The van der Waals surface area contributed by atoms with E-state index in [1.54, 1.807) is 13.8 Å². The van der Waals surface area contributed by atoms with Gasteiger partial charge in [-0.2, -0.15) is 0 Å². The molecule has 5 rings (SSSR count).